The Morgan fingerprint density at radius 1 is 1.35 bits per heavy atom. The third-order valence-corrected chi connectivity index (χ3v) is 3.08. The molecular weight excluding hydrogens is 278 g/mol. The van der Waals surface area contributed by atoms with Gasteiger partial charge in [-0.25, -0.2) is 4.98 Å². The molecule has 0 atom stereocenters. The first kappa shape index (κ1) is 14.5. The van der Waals surface area contributed by atoms with Crippen molar-refractivity contribution in [3.63, 3.8) is 0 Å². The van der Waals surface area contributed by atoms with Gasteiger partial charge in [-0.2, -0.15) is 0 Å². The first-order valence-corrected chi connectivity index (χ1v) is 7.12. The van der Waals surface area contributed by atoms with Crippen LogP contribution in [0.3, 0.4) is 0 Å². The van der Waals surface area contributed by atoms with Gasteiger partial charge in [-0.3, -0.25) is 0 Å². The summed E-state index contributed by atoms with van der Waals surface area (Å²) in [5.74, 6) is 1.11. The lowest BCUT2D eigenvalue weighted by Gasteiger charge is -2.24. The van der Waals surface area contributed by atoms with Gasteiger partial charge in [0.15, 0.2) is 0 Å². The predicted octanol–water partition coefficient (Wildman–Crippen LogP) is 3.19. The summed E-state index contributed by atoms with van der Waals surface area (Å²) in [6, 6.07) is 2.16. The zero-order valence-electron chi connectivity index (χ0n) is 11.0. The molecule has 0 aliphatic rings. The molecule has 0 saturated carbocycles. The van der Waals surface area contributed by atoms with Gasteiger partial charge in [-0.05, 0) is 41.9 Å². The van der Waals surface area contributed by atoms with Gasteiger partial charge < -0.3 is 10.2 Å². The normalized spacial score (nSPS) is 10.6. The van der Waals surface area contributed by atoms with Gasteiger partial charge in [0, 0.05) is 35.9 Å². The minimum absolute atomic E-state index is 0.873. The van der Waals surface area contributed by atoms with Crippen molar-refractivity contribution in [2.45, 2.75) is 33.7 Å². The second kappa shape index (κ2) is 7.67. The molecule has 0 saturated heterocycles. The van der Waals surface area contributed by atoms with Gasteiger partial charge in [0.25, 0.3) is 0 Å². The highest BCUT2D eigenvalue weighted by atomic mass is 79.9. The van der Waals surface area contributed by atoms with Gasteiger partial charge in [0.05, 0.1) is 0 Å². The van der Waals surface area contributed by atoms with Crippen molar-refractivity contribution in [2.24, 2.45) is 0 Å². The summed E-state index contributed by atoms with van der Waals surface area (Å²) in [6.45, 7) is 10.4. The fraction of sp³-hybridized carbons (Fsp3) is 0.615. The number of hydrogen-bond acceptors (Lipinski definition) is 3. The topological polar surface area (TPSA) is 28.2 Å². The van der Waals surface area contributed by atoms with E-state index in [-0.39, 0.29) is 0 Å². The minimum atomic E-state index is 0.873. The number of halogens is 1. The maximum Gasteiger partial charge on any atom is 0.133 e. The largest absolute Gasteiger partial charge is 0.357 e. The summed E-state index contributed by atoms with van der Waals surface area (Å²) in [5.41, 5.74) is 1.26. The van der Waals surface area contributed by atoms with Crippen LogP contribution in [0.2, 0.25) is 0 Å². The second-order valence-corrected chi connectivity index (χ2v) is 4.91. The molecule has 0 fully saturated rings. The van der Waals surface area contributed by atoms with E-state index in [1.165, 1.54) is 5.56 Å². The zero-order valence-corrected chi connectivity index (χ0v) is 12.5. The van der Waals surface area contributed by atoms with Crippen molar-refractivity contribution >= 4 is 21.7 Å². The van der Waals surface area contributed by atoms with E-state index in [1.54, 1.807) is 0 Å². The lowest BCUT2D eigenvalue weighted by Crippen LogP contribution is -2.27. The van der Waals surface area contributed by atoms with Gasteiger partial charge in [0.1, 0.15) is 5.82 Å². The van der Waals surface area contributed by atoms with Crippen LogP contribution in [0.4, 0.5) is 5.82 Å². The van der Waals surface area contributed by atoms with Gasteiger partial charge in [-0.15, -0.1) is 0 Å². The lowest BCUT2D eigenvalue weighted by molar-refractivity contribution is 0.709. The zero-order chi connectivity index (χ0) is 12.7. The quantitative estimate of drug-likeness (QED) is 0.838. The van der Waals surface area contributed by atoms with E-state index in [2.05, 4.69) is 58.0 Å². The molecule has 1 N–H and O–H groups in total. The third-order valence-electron chi connectivity index (χ3n) is 2.65. The molecule has 1 aromatic heterocycles. The standard InChI is InChI=1S/C13H22BrN3/c1-4-7-17(6-3)13-11(9-15-5-2)8-12(14)10-16-13/h8,10,15H,4-7,9H2,1-3H3. The van der Waals surface area contributed by atoms with Crippen LogP contribution in [0.1, 0.15) is 32.8 Å². The average molecular weight is 300 g/mol. The van der Waals surface area contributed by atoms with E-state index < -0.39 is 0 Å². The van der Waals surface area contributed by atoms with Crippen LogP contribution in [-0.4, -0.2) is 24.6 Å². The number of aromatic nitrogens is 1. The minimum Gasteiger partial charge on any atom is -0.357 e. The molecule has 0 bridgehead atoms. The van der Waals surface area contributed by atoms with Gasteiger partial charge in [0.2, 0.25) is 0 Å². The summed E-state index contributed by atoms with van der Waals surface area (Å²) < 4.78 is 1.04. The Balaban J connectivity index is 2.94. The Morgan fingerprint density at radius 3 is 2.71 bits per heavy atom. The van der Waals surface area contributed by atoms with Crippen molar-refractivity contribution in [3.8, 4) is 0 Å². The van der Waals surface area contributed by atoms with Crippen LogP contribution in [0, 0.1) is 0 Å². The number of anilines is 1. The van der Waals surface area contributed by atoms with Crippen LogP contribution < -0.4 is 10.2 Å². The van der Waals surface area contributed by atoms with E-state index in [0.717, 1.165) is 42.9 Å². The molecule has 1 heterocycles. The molecule has 1 aromatic rings. The highest BCUT2D eigenvalue weighted by Gasteiger charge is 2.10. The number of nitrogens with one attached hydrogen (secondary N) is 1. The van der Waals surface area contributed by atoms with Crippen LogP contribution in [-0.2, 0) is 6.54 Å². The molecule has 3 nitrogen and oxygen atoms in total. The van der Waals surface area contributed by atoms with E-state index in [0.29, 0.717) is 0 Å². The summed E-state index contributed by atoms with van der Waals surface area (Å²) in [7, 11) is 0. The number of nitrogens with zero attached hydrogens (tertiary/aromatic N) is 2. The van der Waals surface area contributed by atoms with E-state index in [1.807, 2.05) is 6.20 Å². The van der Waals surface area contributed by atoms with Gasteiger partial charge in [-0.1, -0.05) is 13.8 Å². The van der Waals surface area contributed by atoms with Crippen molar-refractivity contribution < 1.29 is 0 Å². The molecule has 4 heteroatoms. The van der Waals surface area contributed by atoms with Crippen LogP contribution in [0.5, 0.6) is 0 Å². The van der Waals surface area contributed by atoms with E-state index in [4.69, 9.17) is 0 Å². The van der Waals surface area contributed by atoms with E-state index >= 15 is 0 Å². The molecule has 0 spiro atoms. The summed E-state index contributed by atoms with van der Waals surface area (Å²) in [4.78, 5) is 6.89. The smallest absolute Gasteiger partial charge is 0.133 e. The Bertz CT molecular complexity index is 341. The summed E-state index contributed by atoms with van der Waals surface area (Å²) in [5, 5.41) is 3.37. The molecule has 1 rings (SSSR count). The first-order valence-electron chi connectivity index (χ1n) is 6.32. The molecular formula is C13H22BrN3. The highest BCUT2D eigenvalue weighted by Crippen LogP contribution is 2.21. The average Bonchev–Trinajstić information content (AvgIpc) is 2.34. The van der Waals surface area contributed by atoms with Crippen LogP contribution in [0.25, 0.3) is 0 Å². The monoisotopic (exact) mass is 299 g/mol. The molecule has 0 amide bonds. The SMILES string of the molecule is CCCN(CC)c1ncc(Br)cc1CNCC. The van der Waals surface area contributed by atoms with Crippen molar-refractivity contribution in [2.75, 3.05) is 24.5 Å². The fourth-order valence-corrected chi connectivity index (χ4v) is 2.21. The van der Waals surface area contributed by atoms with Crippen LogP contribution in [0.15, 0.2) is 16.7 Å². The van der Waals surface area contributed by atoms with Crippen LogP contribution >= 0.6 is 15.9 Å². The highest BCUT2D eigenvalue weighted by molar-refractivity contribution is 9.10. The predicted molar refractivity (Wildman–Crippen MR) is 77.5 cm³/mol. The maximum atomic E-state index is 4.56. The molecule has 96 valence electrons. The second-order valence-electron chi connectivity index (χ2n) is 4.00. The Labute approximate surface area is 113 Å². The molecule has 17 heavy (non-hydrogen) atoms. The van der Waals surface area contributed by atoms with Crippen molar-refractivity contribution in [1.82, 2.24) is 10.3 Å². The van der Waals surface area contributed by atoms with Crippen molar-refractivity contribution in [1.29, 1.82) is 0 Å². The first-order chi connectivity index (χ1) is 8.22. The number of pyridine rings is 1. The number of hydrogen-bond donors (Lipinski definition) is 1. The molecule has 0 aromatic carbocycles. The van der Waals surface area contributed by atoms with Crippen molar-refractivity contribution in [3.05, 3.63) is 22.3 Å². The molecule has 0 radical (unpaired) electrons. The number of rotatable bonds is 7. The molecule has 0 aliphatic carbocycles. The summed E-state index contributed by atoms with van der Waals surface area (Å²) >= 11 is 3.49. The fourth-order valence-electron chi connectivity index (χ4n) is 1.83. The lowest BCUT2D eigenvalue weighted by atomic mass is 10.2. The molecule has 0 aliphatic heterocycles. The summed E-state index contributed by atoms with van der Waals surface area (Å²) in [6.07, 6.45) is 3.02. The Morgan fingerprint density at radius 2 is 2.12 bits per heavy atom. The molecule has 0 unspecified atom stereocenters. The van der Waals surface area contributed by atoms with Gasteiger partial charge >= 0.3 is 0 Å². The third kappa shape index (κ3) is 4.28. The maximum absolute atomic E-state index is 4.56. The Hall–Kier alpha value is -0.610. The van der Waals surface area contributed by atoms with E-state index in [9.17, 15) is 0 Å². The Kier molecular flexibility index (Phi) is 6.52.